The van der Waals surface area contributed by atoms with Gasteiger partial charge in [0.1, 0.15) is 5.69 Å². The molecule has 5 rings (SSSR count). The van der Waals surface area contributed by atoms with Crippen molar-refractivity contribution < 1.29 is 4.79 Å². The highest BCUT2D eigenvalue weighted by Gasteiger charge is 2.19. The highest BCUT2D eigenvalue weighted by molar-refractivity contribution is 6.08. The van der Waals surface area contributed by atoms with Crippen molar-refractivity contribution in [2.24, 2.45) is 0 Å². The number of carbonyl (C=O) groups is 1. The molecule has 5 heteroatoms. The lowest BCUT2D eigenvalue weighted by molar-refractivity contribution is 0.102. The van der Waals surface area contributed by atoms with Crippen molar-refractivity contribution in [3.63, 3.8) is 0 Å². The molecule has 32 heavy (non-hydrogen) atoms. The predicted molar refractivity (Wildman–Crippen MR) is 129 cm³/mol. The van der Waals surface area contributed by atoms with Crippen LogP contribution in [0.4, 0.5) is 11.4 Å². The first-order valence-corrected chi connectivity index (χ1v) is 11.1. The minimum Gasteiger partial charge on any atom is -0.372 e. The van der Waals surface area contributed by atoms with Crippen molar-refractivity contribution in [2.75, 3.05) is 23.3 Å². The molecule has 0 aliphatic carbocycles. The number of anilines is 2. The lowest BCUT2D eigenvalue weighted by Crippen LogP contribution is -2.17. The molecule has 1 amide bonds. The largest absolute Gasteiger partial charge is 0.372 e. The zero-order valence-electron chi connectivity index (χ0n) is 17.9. The topological polar surface area (TPSA) is 50.2 Å². The summed E-state index contributed by atoms with van der Waals surface area (Å²) in [6, 6.07) is 28.1. The molecule has 1 aliphatic heterocycles. The van der Waals surface area contributed by atoms with Gasteiger partial charge in [-0.2, -0.15) is 5.10 Å². The van der Waals surface area contributed by atoms with E-state index in [9.17, 15) is 4.79 Å². The van der Waals surface area contributed by atoms with Crippen LogP contribution in [0.2, 0.25) is 0 Å². The number of benzene rings is 3. The Balaban J connectivity index is 1.40. The van der Waals surface area contributed by atoms with Crippen molar-refractivity contribution in [3.8, 4) is 11.3 Å². The lowest BCUT2D eigenvalue weighted by Gasteiger charge is -2.17. The van der Waals surface area contributed by atoms with Gasteiger partial charge in [0.25, 0.3) is 5.91 Å². The Morgan fingerprint density at radius 1 is 0.844 bits per heavy atom. The molecule has 0 saturated carbocycles. The van der Waals surface area contributed by atoms with Crippen LogP contribution in [0.15, 0.2) is 91.1 Å². The molecule has 1 N–H and O–H groups in total. The van der Waals surface area contributed by atoms with E-state index >= 15 is 0 Å². The fraction of sp³-hybridized carbons (Fsp3) is 0.185. The van der Waals surface area contributed by atoms with Crippen molar-refractivity contribution in [1.29, 1.82) is 0 Å². The van der Waals surface area contributed by atoms with Crippen LogP contribution in [0.5, 0.6) is 0 Å². The van der Waals surface area contributed by atoms with Gasteiger partial charge in [-0.1, -0.05) is 60.7 Å². The van der Waals surface area contributed by atoms with E-state index in [0.29, 0.717) is 17.8 Å². The van der Waals surface area contributed by atoms with Crippen molar-refractivity contribution in [1.82, 2.24) is 9.78 Å². The Hall–Kier alpha value is -3.86. The minimum absolute atomic E-state index is 0.155. The Kier molecular flexibility index (Phi) is 5.71. The summed E-state index contributed by atoms with van der Waals surface area (Å²) in [5.74, 6) is -0.155. The third-order valence-corrected chi connectivity index (χ3v) is 5.84. The van der Waals surface area contributed by atoms with Crippen LogP contribution in [0, 0.1) is 0 Å². The number of carbonyl (C=O) groups excluding carboxylic acids is 1. The summed E-state index contributed by atoms with van der Waals surface area (Å²) in [6.07, 6.45) is 4.32. The predicted octanol–water partition coefficient (Wildman–Crippen LogP) is 5.45. The molecular weight excluding hydrogens is 396 g/mol. The fourth-order valence-corrected chi connectivity index (χ4v) is 4.18. The number of hydrogen-bond donors (Lipinski definition) is 1. The van der Waals surface area contributed by atoms with Crippen LogP contribution in [-0.4, -0.2) is 28.8 Å². The van der Waals surface area contributed by atoms with Gasteiger partial charge in [-0.25, -0.2) is 0 Å². The number of aromatic nitrogens is 2. The van der Waals surface area contributed by atoms with E-state index in [0.717, 1.165) is 29.9 Å². The smallest absolute Gasteiger partial charge is 0.259 e. The van der Waals surface area contributed by atoms with E-state index in [1.54, 1.807) is 0 Å². The molecular formula is C27H26N4O. The van der Waals surface area contributed by atoms with Crippen LogP contribution in [-0.2, 0) is 6.54 Å². The van der Waals surface area contributed by atoms with Gasteiger partial charge < -0.3 is 10.2 Å². The first-order chi connectivity index (χ1) is 15.8. The van der Waals surface area contributed by atoms with E-state index in [-0.39, 0.29) is 5.91 Å². The van der Waals surface area contributed by atoms with E-state index in [1.165, 1.54) is 18.5 Å². The van der Waals surface area contributed by atoms with E-state index in [1.807, 2.05) is 71.5 Å². The van der Waals surface area contributed by atoms with Gasteiger partial charge in [0.15, 0.2) is 0 Å². The summed E-state index contributed by atoms with van der Waals surface area (Å²) >= 11 is 0. The molecule has 0 unspecified atom stereocenters. The maximum absolute atomic E-state index is 13.2. The average molecular weight is 423 g/mol. The summed E-state index contributed by atoms with van der Waals surface area (Å²) in [7, 11) is 0. The molecule has 1 fully saturated rings. The zero-order valence-corrected chi connectivity index (χ0v) is 17.9. The van der Waals surface area contributed by atoms with Gasteiger partial charge >= 0.3 is 0 Å². The molecule has 1 aromatic heterocycles. The average Bonchev–Trinajstić information content (AvgIpc) is 3.52. The van der Waals surface area contributed by atoms with Gasteiger partial charge in [0.2, 0.25) is 0 Å². The second-order valence-corrected chi connectivity index (χ2v) is 8.14. The Bertz CT molecular complexity index is 1180. The summed E-state index contributed by atoms with van der Waals surface area (Å²) < 4.78 is 1.84. The molecule has 0 atom stereocenters. The molecule has 1 aliphatic rings. The molecule has 1 saturated heterocycles. The minimum atomic E-state index is -0.155. The molecule has 0 bridgehead atoms. The second-order valence-electron chi connectivity index (χ2n) is 8.14. The summed E-state index contributed by atoms with van der Waals surface area (Å²) in [4.78, 5) is 15.6. The van der Waals surface area contributed by atoms with E-state index in [2.05, 4.69) is 34.5 Å². The van der Waals surface area contributed by atoms with Crippen LogP contribution in [0.1, 0.15) is 28.8 Å². The normalized spacial score (nSPS) is 13.3. The molecule has 2 heterocycles. The Labute approximate surface area is 188 Å². The van der Waals surface area contributed by atoms with Crippen molar-refractivity contribution >= 4 is 17.3 Å². The van der Waals surface area contributed by atoms with Crippen LogP contribution in [0.3, 0.4) is 0 Å². The molecule has 0 spiro atoms. The number of rotatable bonds is 6. The molecule has 160 valence electrons. The maximum atomic E-state index is 13.2. The monoisotopic (exact) mass is 422 g/mol. The second kappa shape index (κ2) is 9.10. The maximum Gasteiger partial charge on any atom is 0.259 e. The van der Waals surface area contributed by atoms with Crippen LogP contribution >= 0.6 is 0 Å². The number of nitrogens with one attached hydrogen (secondary N) is 1. The molecule has 3 aromatic carbocycles. The summed E-state index contributed by atoms with van der Waals surface area (Å²) in [5.41, 5.74) is 5.31. The first-order valence-electron chi connectivity index (χ1n) is 11.1. The van der Waals surface area contributed by atoms with Gasteiger partial charge in [0, 0.05) is 36.2 Å². The lowest BCUT2D eigenvalue weighted by atomic mass is 10.1. The number of hydrogen-bond acceptors (Lipinski definition) is 3. The molecule has 5 nitrogen and oxygen atoms in total. The fourth-order valence-electron chi connectivity index (χ4n) is 4.18. The van der Waals surface area contributed by atoms with Gasteiger partial charge in [0.05, 0.1) is 12.1 Å². The standard InChI is InChI=1S/C27H26N4O/c32-27(28-23-13-15-24(16-14-23)30-17-7-8-18-30)25-20-31(19-21-9-3-1-4-10-21)29-26(25)22-11-5-2-6-12-22/h1-6,9-16,20H,7-8,17-19H2,(H,28,32). The third kappa shape index (κ3) is 4.42. The summed E-state index contributed by atoms with van der Waals surface area (Å²) in [6.45, 7) is 2.82. The highest BCUT2D eigenvalue weighted by Crippen LogP contribution is 2.25. The van der Waals surface area contributed by atoms with E-state index < -0.39 is 0 Å². The molecule has 4 aromatic rings. The Morgan fingerprint density at radius 2 is 1.50 bits per heavy atom. The van der Waals surface area contributed by atoms with Gasteiger partial charge in [-0.3, -0.25) is 9.48 Å². The number of amides is 1. The SMILES string of the molecule is O=C(Nc1ccc(N2CCCC2)cc1)c1cn(Cc2ccccc2)nc1-c1ccccc1. The molecule has 0 radical (unpaired) electrons. The Morgan fingerprint density at radius 3 is 2.19 bits per heavy atom. The van der Waals surface area contributed by atoms with Crippen molar-refractivity contribution in [3.05, 3.63) is 102 Å². The zero-order chi connectivity index (χ0) is 21.8. The van der Waals surface area contributed by atoms with E-state index in [4.69, 9.17) is 5.10 Å². The van der Waals surface area contributed by atoms with Crippen molar-refractivity contribution in [2.45, 2.75) is 19.4 Å². The van der Waals surface area contributed by atoms with Crippen LogP contribution in [0.25, 0.3) is 11.3 Å². The summed E-state index contributed by atoms with van der Waals surface area (Å²) in [5, 5.41) is 7.81. The van der Waals surface area contributed by atoms with Crippen LogP contribution < -0.4 is 10.2 Å². The first kappa shape index (κ1) is 20.1. The van der Waals surface area contributed by atoms with Gasteiger partial charge in [-0.15, -0.1) is 0 Å². The quantitative estimate of drug-likeness (QED) is 0.449. The highest BCUT2D eigenvalue weighted by atomic mass is 16.1. The third-order valence-electron chi connectivity index (χ3n) is 5.84. The number of nitrogens with zero attached hydrogens (tertiary/aromatic N) is 3. The van der Waals surface area contributed by atoms with Gasteiger partial charge in [-0.05, 0) is 42.7 Å².